The topological polar surface area (TPSA) is 13.1 Å². The Balaban J connectivity index is 1.51. The molecule has 1 aromatic heterocycles. The van der Waals surface area contributed by atoms with Crippen molar-refractivity contribution in [1.29, 1.82) is 0 Å². The fraction of sp³-hybridized carbons (Fsp3) is 0. The standard InChI is InChI=1S/C44H28O/c1-3-15-29(16-4-1)31-19-7-8-21-33(31)42-34-22-9-11-24-36(34)43(37-25-12-10-23-35(37)42)39-28-27-38-32-20-13-14-26-40(32)45-44(38)41(39)30-17-5-2-6-18-30/h1-28H/i1D,2D,3D,4D,5D,6D,7D,8D,15D,16D,17D,18D,19D,21D. The molecule has 1 heteroatoms. The molecule has 0 aliphatic heterocycles. The molecule has 9 rings (SSSR count). The fourth-order valence-electron chi connectivity index (χ4n) is 6.37. The summed E-state index contributed by atoms with van der Waals surface area (Å²) in [4.78, 5) is 0. The van der Waals surface area contributed by atoms with Gasteiger partial charge in [0.25, 0.3) is 0 Å². The van der Waals surface area contributed by atoms with E-state index in [2.05, 4.69) is 0 Å². The number of hydrogen-bond donors (Lipinski definition) is 0. The highest BCUT2D eigenvalue weighted by Gasteiger charge is 2.23. The van der Waals surface area contributed by atoms with Crippen LogP contribution >= 0.6 is 0 Å². The Bertz CT molecular complexity index is 3220. The van der Waals surface area contributed by atoms with Crippen molar-refractivity contribution < 1.29 is 23.6 Å². The molecule has 0 radical (unpaired) electrons. The predicted octanol–water partition coefficient (Wildman–Crippen LogP) is 12.6. The predicted molar refractivity (Wildman–Crippen MR) is 190 cm³/mol. The number of furan rings is 1. The van der Waals surface area contributed by atoms with E-state index in [1.54, 1.807) is 42.5 Å². The van der Waals surface area contributed by atoms with Crippen LogP contribution in [0.1, 0.15) is 19.2 Å². The van der Waals surface area contributed by atoms with E-state index in [0.29, 0.717) is 54.8 Å². The van der Waals surface area contributed by atoms with Crippen LogP contribution in [0, 0.1) is 0 Å². The van der Waals surface area contributed by atoms with Crippen molar-refractivity contribution in [2.45, 2.75) is 0 Å². The smallest absolute Gasteiger partial charge is 0.143 e. The lowest BCUT2D eigenvalue weighted by atomic mass is 9.82. The first kappa shape index (κ1) is 15.2. The number of rotatable bonds is 4. The lowest BCUT2D eigenvalue weighted by Crippen LogP contribution is -1.94. The van der Waals surface area contributed by atoms with Crippen molar-refractivity contribution in [1.82, 2.24) is 0 Å². The van der Waals surface area contributed by atoms with Crippen molar-refractivity contribution in [2.75, 3.05) is 0 Å². The van der Waals surface area contributed by atoms with Crippen LogP contribution in [0.3, 0.4) is 0 Å². The van der Waals surface area contributed by atoms with E-state index in [4.69, 9.17) is 22.2 Å². The second kappa shape index (κ2) is 10.4. The van der Waals surface area contributed by atoms with Crippen molar-refractivity contribution in [3.8, 4) is 44.5 Å². The Morgan fingerprint density at radius 1 is 0.356 bits per heavy atom. The second-order valence-corrected chi connectivity index (χ2v) is 10.6. The van der Waals surface area contributed by atoms with Crippen LogP contribution in [0.5, 0.6) is 0 Å². The van der Waals surface area contributed by atoms with Gasteiger partial charge in [-0.1, -0.05) is 157 Å². The molecule has 0 saturated heterocycles. The minimum atomic E-state index is -0.661. The highest BCUT2D eigenvalue weighted by molar-refractivity contribution is 6.25. The summed E-state index contributed by atoms with van der Waals surface area (Å²) in [6.07, 6.45) is 0. The molecule has 0 bridgehead atoms. The average molecular weight is 587 g/mol. The molecule has 1 nitrogen and oxygen atoms in total. The largest absolute Gasteiger partial charge is 0.455 e. The monoisotopic (exact) mass is 586 g/mol. The summed E-state index contributed by atoms with van der Waals surface area (Å²) in [5, 5.41) is 3.44. The second-order valence-electron chi connectivity index (χ2n) is 10.6. The summed E-state index contributed by atoms with van der Waals surface area (Å²) >= 11 is 0. The van der Waals surface area contributed by atoms with Gasteiger partial charge in [0, 0.05) is 16.3 Å². The average Bonchev–Trinajstić information content (AvgIpc) is 3.63. The molecule has 0 atom stereocenters. The van der Waals surface area contributed by atoms with Gasteiger partial charge in [-0.25, -0.2) is 0 Å². The number of benzene rings is 8. The maximum atomic E-state index is 9.36. The Morgan fingerprint density at radius 2 is 0.844 bits per heavy atom. The molecule has 9 aromatic rings. The van der Waals surface area contributed by atoms with Crippen LogP contribution in [-0.4, -0.2) is 0 Å². The van der Waals surface area contributed by atoms with E-state index in [-0.39, 0.29) is 27.8 Å². The first-order chi connectivity index (χ1) is 28.2. The lowest BCUT2D eigenvalue weighted by molar-refractivity contribution is 0.670. The Kier molecular flexibility index (Phi) is 3.50. The van der Waals surface area contributed by atoms with Crippen molar-refractivity contribution in [3.05, 3.63) is 170 Å². The molecule has 1 heterocycles. The zero-order valence-corrected chi connectivity index (χ0v) is 23.5. The third kappa shape index (κ3) is 4.02. The van der Waals surface area contributed by atoms with E-state index in [9.17, 15) is 1.37 Å². The fourth-order valence-corrected chi connectivity index (χ4v) is 6.37. The number of fused-ring (bicyclic) bond motifs is 5. The zero-order valence-electron chi connectivity index (χ0n) is 37.5. The maximum absolute atomic E-state index is 9.36. The SMILES string of the molecule is [2H]c1c([2H])c([2H])c(-c2c([2H])c([2H])c([2H])c([2H])c2-c2c3ccccc3c(-c3ccc4c(oc5ccccc54)c3-c3c([2H])c([2H])c([2H])c([2H])c3[2H])c3ccccc23)c([2H])c1[2H]. The first-order valence-electron chi connectivity index (χ1n) is 21.3. The van der Waals surface area contributed by atoms with Gasteiger partial charge in [0.15, 0.2) is 0 Å². The highest BCUT2D eigenvalue weighted by atomic mass is 16.3. The van der Waals surface area contributed by atoms with Crippen LogP contribution in [0.15, 0.2) is 174 Å². The third-order valence-corrected chi connectivity index (χ3v) is 8.19. The molecule has 45 heavy (non-hydrogen) atoms. The van der Waals surface area contributed by atoms with Gasteiger partial charge in [0.1, 0.15) is 11.2 Å². The summed E-state index contributed by atoms with van der Waals surface area (Å²) in [5.41, 5.74) is 1.60. The van der Waals surface area contributed by atoms with E-state index in [1.807, 2.05) is 42.5 Å². The Hall–Kier alpha value is -5.92. The first-order valence-corrected chi connectivity index (χ1v) is 14.3. The molecule has 0 aliphatic carbocycles. The normalized spacial score (nSPS) is 15.9. The van der Waals surface area contributed by atoms with Gasteiger partial charge >= 0.3 is 0 Å². The number of para-hydroxylation sites is 1. The quantitative estimate of drug-likeness (QED) is 0.187. The summed E-state index contributed by atoms with van der Waals surface area (Å²) in [5.74, 6) is 0. The van der Waals surface area contributed by atoms with Crippen LogP contribution in [0.2, 0.25) is 0 Å². The minimum absolute atomic E-state index is 0.0754. The van der Waals surface area contributed by atoms with Crippen molar-refractivity contribution >= 4 is 43.5 Å². The molecular formula is C44H28O. The third-order valence-electron chi connectivity index (χ3n) is 8.19. The molecule has 0 aliphatic rings. The van der Waals surface area contributed by atoms with Gasteiger partial charge in [-0.2, -0.15) is 0 Å². The molecule has 0 spiro atoms. The van der Waals surface area contributed by atoms with Crippen LogP contribution in [-0.2, 0) is 0 Å². The van der Waals surface area contributed by atoms with E-state index < -0.39 is 84.6 Å². The molecular weight excluding hydrogens is 544 g/mol. The summed E-state index contributed by atoms with van der Waals surface area (Å²) in [7, 11) is 0. The summed E-state index contributed by atoms with van der Waals surface area (Å²) in [6, 6.07) is 17.2. The van der Waals surface area contributed by atoms with Crippen LogP contribution in [0.25, 0.3) is 88.0 Å². The maximum Gasteiger partial charge on any atom is 0.143 e. The zero-order chi connectivity index (χ0) is 41.9. The van der Waals surface area contributed by atoms with E-state index in [1.165, 1.54) is 0 Å². The van der Waals surface area contributed by atoms with E-state index in [0.717, 1.165) is 5.39 Å². The summed E-state index contributed by atoms with van der Waals surface area (Å²) < 4.78 is 129. The molecule has 0 fully saturated rings. The minimum Gasteiger partial charge on any atom is -0.455 e. The number of hydrogen-bond acceptors (Lipinski definition) is 1. The van der Waals surface area contributed by atoms with Crippen molar-refractivity contribution in [2.24, 2.45) is 0 Å². The van der Waals surface area contributed by atoms with Crippen molar-refractivity contribution in [3.63, 3.8) is 0 Å². The Labute approximate surface area is 281 Å². The van der Waals surface area contributed by atoms with Gasteiger partial charge in [-0.3, -0.25) is 0 Å². The molecule has 210 valence electrons. The van der Waals surface area contributed by atoms with E-state index >= 15 is 0 Å². The van der Waals surface area contributed by atoms with Gasteiger partial charge < -0.3 is 4.42 Å². The molecule has 0 unspecified atom stereocenters. The molecule has 0 N–H and O–H groups in total. The molecule has 8 aromatic carbocycles. The van der Waals surface area contributed by atoms with Gasteiger partial charge in [-0.15, -0.1) is 0 Å². The van der Waals surface area contributed by atoms with Gasteiger partial charge in [0.05, 0.1) is 19.2 Å². The molecule has 0 amide bonds. The van der Waals surface area contributed by atoms with Gasteiger partial charge in [-0.05, 0) is 72.6 Å². The highest BCUT2D eigenvalue weighted by Crippen LogP contribution is 2.49. The van der Waals surface area contributed by atoms with Crippen LogP contribution in [0.4, 0.5) is 0 Å². The summed E-state index contributed by atoms with van der Waals surface area (Å²) in [6.45, 7) is 0. The van der Waals surface area contributed by atoms with Crippen LogP contribution < -0.4 is 0 Å². The lowest BCUT2D eigenvalue weighted by Gasteiger charge is -2.21. The van der Waals surface area contributed by atoms with Gasteiger partial charge in [0.2, 0.25) is 0 Å². The Morgan fingerprint density at radius 3 is 1.47 bits per heavy atom. The molecule has 0 saturated carbocycles.